The minimum absolute atomic E-state index is 0.00148. The number of nitrogens with zero attached hydrogens (tertiary/aromatic N) is 2. The normalized spacial score (nSPS) is 16.6. The molecule has 5 N–H and O–H groups in total. The number of hydrogen-bond donors (Lipinski definition) is 4. The quantitative estimate of drug-likeness (QED) is 0.269. The van der Waals surface area contributed by atoms with Crippen LogP contribution in [0.1, 0.15) is 32.9 Å². The highest BCUT2D eigenvalue weighted by Crippen LogP contribution is 2.33. The first kappa shape index (κ1) is 20.7. The molecule has 1 aliphatic rings. The number of benzene rings is 1. The van der Waals surface area contributed by atoms with Gasteiger partial charge in [0.25, 0.3) is 0 Å². The molecule has 2 aromatic rings. The van der Waals surface area contributed by atoms with E-state index in [1.165, 1.54) is 0 Å². The van der Waals surface area contributed by atoms with Crippen LogP contribution in [0.4, 0.5) is 10.6 Å². The summed E-state index contributed by atoms with van der Waals surface area (Å²) in [6.07, 6.45) is 0.439. The van der Waals surface area contributed by atoms with Crippen LogP contribution in [-0.4, -0.2) is 53.7 Å². The molecule has 0 aliphatic carbocycles. The van der Waals surface area contributed by atoms with Gasteiger partial charge in [0, 0.05) is 19.1 Å². The molecule has 1 saturated heterocycles. The highest BCUT2D eigenvalue weighted by Gasteiger charge is 2.30. The van der Waals surface area contributed by atoms with Crippen LogP contribution in [-0.2, 0) is 4.74 Å². The van der Waals surface area contributed by atoms with Crippen LogP contribution < -0.4 is 21.3 Å². The summed E-state index contributed by atoms with van der Waals surface area (Å²) in [4.78, 5) is 18.6. The zero-order valence-electron chi connectivity index (χ0n) is 17.2. The van der Waals surface area contributed by atoms with E-state index in [4.69, 9.17) is 20.7 Å². The van der Waals surface area contributed by atoms with Crippen LogP contribution in [0.2, 0.25) is 0 Å². The van der Waals surface area contributed by atoms with Gasteiger partial charge >= 0.3 is 6.09 Å². The van der Waals surface area contributed by atoms with E-state index in [-0.39, 0.29) is 18.0 Å². The van der Waals surface area contributed by atoms with Crippen molar-refractivity contribution in [1.82, 2.24) is 15.3 Å². The smallest absolute Gasteiger partial charge is 0.410 e. The van der Waals surface area contributed by atoms with Crippen molar-refractivity contribution in [3.05, 3.63) is 30.0 Å². The number of pyridine rings is 1. The lowest BCUT2D eigenvalue weighted by Crippen LogP contribution is -2.36. The zero-order chi connectivity index (χ0) is 21.2. The van der Waals surface area contributed by atoms with Crippen molar-refractivity contribution in [1.29, 1.82) is 5.41 Å². The fourth-order valence-electron chi connectivity index (χ4n) is 3.32. The van der Waals surface area contributed by atoms with Gasteiger partial charge in [-0.1, -0.05) is 12.1 Å². The predicted octanol–water partition coefficient (Wildman–Crippen LogP) is 2.45. The van der Waals surface area contributed by atoms with Crippen molar-refractivity contribution >= 4 is 28.5 Å². The van der Waals surface area contributed by atoms with Crippen molar-refractivity contribution in [2.24, 2.45) is 5.84 Å². The molecule has 29 heavy (non-hydrogen) atoms. The molecule has 1 atom stereocenters. The molecule has 0 spiro atoms. The lowest BCUT2D eigenvalue weighted by Gasteiger charge is -2.24. The number of fused-ring (bicyclic) bond motifs is 1. The summed E-state index contributed by atoms with van der Waals surface area (Å²) in [5.74, 6) is 6.68. The molecule has 156 valence electrons. The van der Waals surface area contributed by atoms with E-state index < -0.39 is 5.60 Å². The maximum atomic E-state index is 12.3. The molecule has 1 amide bonds. The number of carbonyl (C=O) groups excluding carboxylic acids is 1. The van der Waals surface area contributed by atoms with Gasteiger partial charge in [-0.3, -0.25) is 5.41 Å². The Bertz CT molecular complexity index is 924. The second kappa shape index (κ2) is 8.12. The molecule has 1 aromatic carbocycles. The molecule has 9 heteroatoms. The largest absolute Gasteiger partial charge is 0.496 e. The Labute approximate surface area is 170 Å². The first-order valence-electron chi connectivity index (χ1n) is 9.49. The number of likely N-dealkylation sites (tertiary alicyclic amines) is 1. The molecule has 0 bridgehead atoms. The van der Waals surface area contributed by atoms with Crippen molar-refractivity contribution in [2.45, 2.75) is 38.8 Å². The first-order valence-corrected chi connectivity index (χ1v) is 9.49. The number of nitrogens with one attached hydrogen (secondary N) is 3. The molecule has 0 radical (unpaired) electrons. The van der Waals surface area contributed by atoms with E-state index in [1.54, 1.807) is 18.1 Å². The summed E-state index contributed by atoms with van der Waals surface area (Å²) in [5, 5.41) is 13.1. The molecule has 0 saturated carbocycles. The van der Waals surface area contributed by atoms with E-state index >= 15 is 0 Å². The standard InChI is InChI=1S/C20H28N6O3/c1-20(2,3)29-19(27)26-9-8-13(11-26)23-18-16-12(6-5-7-15(16)28-4)10-14(24-18)17(21)25-22/h5-7,10,13H,8-9,11,22H2,1-4H3,(H2,21,25)(H,23,24). The Morgan fingerprint density at radius 1 is 1.38 bits per heavy atom. The molecular formula is C20H28N6O3. The molecule has 1 unspecified atom stereocenters. The van der Waals surface area contributed by atoms with Gasteiger partial charge in [-0.15, -0.1) is 0 Å². The Hall–Kier alpha value is -3.07. The number of amides is 1. The van der Waals surface area contributed by atoms with Gasteiger partial charge in [0.05, 0.1) is 12.5 Å². The van der Waals surface area contributed by atoms with Gasteiger partial charge < -0.3 is 25.1 Å². The number of aromatic nitrogens is 1. The predicted molar refractivity (Wildman–Crippen MR) is 112 cm³/mol. The number of ether oxygens (including phenoxy) is 2. The monoisotopic (exact) mass is 400 g/mol. The van der Waals surface area contributed by atoms with E-state index in [1.807, 2.05) is 39.0 Å². The fraction of sp³-hybridized carbons (Fsp3) is 0.450. The highest BCUT2D eigenvalue weighted by molar-refractivity contribution is 6.03. The lowest BCUT2D eigenvalue weighted by atomic mass is 10.1. The molecule has 9 nitrogen and oxygen atoms in total. The van der Waals surface area contributed by atoms with Gasteiger partial charge in [0.15, 0.2) is 5.84 Å². The molecule has 3 rings (SSSR count). The number of methoxy groups -OCH3 is 1. The van der Waals surface area contributed by atoms with Crippen molar-refractivity contribution in [3.63, 3.8) is 0 Å². The van der Waals surface area contributed by atoms with Crippen LogP contribution in [0.5, 0.6) is 5.75 Å². The summed E-state index contributed by atoms with van der Waals surface area (Å²) < 4.78 is 11.0. The Morgan fingerprint density at radius 2 is 2.14 bits per heavy atom. The van der Waals surface area contributed by atoms with Crippen LogP contribution in [0.3, 0.4) is 0 Å². The molecule has 1 fully saturated rings. The zero-order valence-corrected chi connectivity index (χ0v) is 17.2. The minimum Gasteiger partial charge on any atom is -0.496 e. The third kappa shape index (κ3) is 4.68. The maximum Gasteiger partial charge on any atom is 0.410 e. The van der Waals surface area contributed by atoms with Gasteiger partial charge in [-0.2, -0.15) is 0 Å². The number of amidine groups is 1. The van der Waals surface area contributed by atoms with Gasteiger partial charge in [-0.25, -0.2) is 15.6 Å². The van der Waals surface area contributed by atoms with E-state index in [2.05, 4.69) is 15.7 Å². The number of anilines is 1. The SMILES string of the molecule is COc1cccc2cc(C(=N)NN)nc(NC3CCN(C(=O)OC(C)(C)C)C3)c12. The Morgan fingerprint density at radius 3 is 2.79 bits per heavy atom. The van der Waals surface area contributed by atoms with Crippen molar-refractivity contribution < 1.29 is 14.3 Å². The van der Waals surface area contributed by atoms with Crippen LogP contribution >= 0.6 is 0 Å². The summed E-state index contributed by atoms with van der Waals surface area (Å²) in [6.45, 7) is 6.66. The van der Waals surface area contributed by atoms with Crippen LogP contribution in [0.25, 0.3) is 10.8 Å². The van der Waals surface area contributed by atoms with Gasteiger partial charge in [-0.05, 0) is 44.7 Å². The fourth-order valence-corrected chi connectivity index (χ4v) is 3.32. The summed E-state index contributed by atoms with van der Waals surface area (Å²) in [5.41, 5.74) is 2.22. The first-order chi connectivity index (χ1) is 13.7. The minimum atomic E-state index is -0.530. The van der Waals surface area contributed by atoms with Crippen molar-refractivity contribution in [3.8, 4) is 5.75 Å². The number of nitrogens with two attached hydrogens (primary N) is 1. The average Bonchev–Trinajstić information content (AvgIpc) is 3.14. The van der Waals surface area contributed by atoms with E-state index in [0.717, 1.165) is 17.2 Å². The maximum absolute atomic E-state index is 12.3. The van der Waals surface area contributed by atoms with E-state index in [0.29, 0.717) is 30.4 Å². The van der Waals surface area contributed by atoms with Crippen molar-refractivity contribution in [2.75, 3.05) is 25.5 Å². The molecular weight excluding hydrogens is 372 g/mol. The summed E-state index contributed by atoms with van der Waals surface area (Å²) in [6, 6.07) is 7.46. The molecule has 2 heterocycles. The third-order valence-electron chi connectivity index (χ3n) is 4.62. The summed E-state index contributed by atoms with van der Waals surface area (Å²) >= 11 is 0. The van der Waals surface area contributed by atoms with E-state index in [9.17, 15) is 4.79 Å². The van der Waals surface area contributed by atoms with Crippen LogP contribution in [0, 0.1) is 5.41 Å². The second-order valence-electron chi connectivity index (χ2n) is 7.99. The lowest BCUT2D eigenvalue weighted by molar-refractivity contribution is 0.0293. The number of carbonyl (C=O) groups is 1. The number of rotatable bonds is 4. The third-order valence-corrected chi connectivity index (χ3v) is 4.62. The summed E-state index contributed by atoms with van der Waals surface area (Å²) in [7, 11) is 1.61. The van der Waals surface area contributed by atoms with Crippen LogP contribution in [0.15, 0.2) is 24.3 Å². The Balaban J connectivity index is 1.87. The molecule has 1 aliphatic heterocycles. The molecule has 1 aromatic heterocycles. The number of hydrogen-bond acceptors (Lipinski definition) is 7. The Kier molecular flexibility index (Phi) is 5.78. The number of hydrazine groups is 1. The van der Waals surface area contributed by atoms with Gasteiger partial charge in [0.1, 0.15) is 22.9 Å². The van der Waals surface area contributed by atoms with Gasteiger partial charge in [0.2, 0.25) is 0 Å². The highest BCUT2D eigenvalue weighted by atomic mass is 16.6. The second-order valence-corrected chi connectivity index (χ2v) is 7.99. The average molecular weight is 400 g/mol. The topological polar surface area (TPSA) is 126 Å².